The number of likely N-dealkylation sites (tertiary alicyclic amines) is 1. The van der Waals surface area contributed by atoms with Crippen molar-refractivity contribution in [3.8, 4) is 11.4 Å². The summed E-state index contributed by atoms with van der Waals surface area (Å²) in [6, 6.07) is 6.22. The predicted octanol–water partition coefficient (Wildman–Crippen LogP) is 2.59. The number of aliphatic carboxylic acids is 1. The van der Waals surface area contributed by atoms with E-state index >= 15 is 0 Å². The average Bonchev–Trinajstić information content (AvgIpc) is 3.29. The number of amides is 1. The average molecular weight is 341 g/mol. The number of hydrogen-bond acceptors (Lipinski definition) is 5. The summed E-state index contributed by atoms with van der Waals surface area (Å²) >= 11 is 0. The van der Waals surface area contributed by atoms with Crippen LogP contribution in [0.25, 0.3) is 11.4 Å². The second-order valence-corrected chi connectivity index (χ2v) is 6.75. The van der Waals surface area contributed by atoms with Crippen LogP contribution < -0.4 is 0 Å². The van der Waals surface area contributed by atoms with Gasteiger partial charge in [-0.1, -0.05) is 30.1 Å². The van der Waals surface area contributed by atoms with E-state index in [4.69, 9.17) is 4.52 Å². The third-order valence-corrected chi connectivity index (χ3v) is 5.36. The Bertz CT molecular complexity index is 772. The molecule has 7 heteroatoms. The van der Waals surface area contributed by atoms with Crippen LogP contribution in [0.5, 0.6) is 0 Å². The Morgan fingerprint density at radius 2 is 1.92 bits per heavy atom. The second kappa shape index (κ2) is 6.31. The van der Waals surface area contributed by atoms with Gasteiger partial charge in [-0.15, -0.1) is 0 Å². The molecule has 2 fully saturated rings. The lowest BCUT2D eigenvalue weighted by molar-refractivity contribution is -0.141. The number of hydrogen-bond donors (Lipinski definition) is 1. The van der Waals surface area contributed by atoms with Crippen molar-refractivity contribution in [2.24, 2.45) is 5.92 Å². The molecule has 1 N–H and O–H groups in total. The maximum atomic E-state index is 13.0. The summed E-state index contributed by atoms with van der Waals surface area (Å²) in [6.45, 7) is 0. The van der Waals surface area contributed by atoms with Gasteiger partial charge >= 0.3 is 5.97 Å². The molecule has 1 aromatic carbocycles. The first-order valence-electron chi connectivity index (χ1n) is 8.57. The number of benzene rings is 1. The first kappa shape index (κ1) is 15.8. The Balaban J connectivity index is 1.61. The summed E-state index contributed by atoms with van der Waals surface area (Å²) in [7, 11) is 0. The molecule has 1 amide bonds. The fourth-order valence-corrected chi connectivity index (χ4v) is 4.18. The zero-order valence-corrected chi connectivity index (χ0v) is 13.7. The number of carbonyl (C=O) groups is 2. The topological polar surface area (TPSA) is 96.5 Å². The summed E-state index contributed by atoms with van der Waals surface area (Å²) in [5.41, 5.74) is 1.24. The fourth-order valence-electron chi connectivity index (χ4n) is 4.18. The van der Waals surface area contributed by atoms with Gasteiger partial charge in [0.2, 0.25) is 12.2 Å². The zero-order valence-electron chi connectivity index (χ0n) is 13.7. The van der Waals surface area contributed by atoms with E-state index in [1.807, 2.05) is 0 Å². The van der Waals surface area contributed by atoms with Crippen molar-refractivity contribution in [1.82, 2.24) is 15.0 Å². The number of carboxylic acid groups (broad SMARTS) is 1. The van der Waals surface area contributed by atoms with Gasteiger partial charge in [-0.2, -0.15) is 4.98 Å². The summed E-state index contributed by atoms with van der Waals surface area (Å²) in [6.07, 6.45) is 5.88. The van der Waals surface area contributed by atoms with E-state index in [0.29, 0.717) is 23.7 Å². The minimum absolute atomic E-state index is 0.0410. The van der Waals surface area contributed by atoms with E-state index in [-0.39, 0.29) is 11.9 Å². The van der Waals surface area contributed by atoms with Gasteiger partial charge in [0.25, 0.3) is 5.91 Å². The molecule has 2 aromatic rings. The lowest BCUT2D eigenvalue weighted by atomic mass is 9.84. The van der Waals surface area contributed by atoms with E-state index in [1.54, 1.807) is 29.2 Å². The number of aromatic nitrogens is 2. The van der Waals surface area contributed by atoms with E-state index in [9.17, 15) is 14.7 Å². The number of fused-ring (bicyclic) bond motifs is 1. The van der Waals surface area contributed by atoms with Gasteiger partial charge in [0.05, 0.1) is 0 Å². The summed E-state index contributed by atoms with van der Waals surface area (Å²) in [5, 5.41) is 13.3. The van der Waals surface area contributed by atoms with Gasteiger partial charge in [-0.25, -0.2) is 4.79 Å². The summed E-state index contributed by atoms with van der Waals surface area (Å²) < 4.78 is 4.73. The number of carbonyl (C=O) groups excluding carboxylic acids is 1. The molecule has 4 rings (SSSR count). The molecule has 2 heterocycles. The molecular formula is C18H19N3O4. The molecule has 1 aliphatic carbocycles. The van der Waals surface area contributed by atoms with Gasteiger partial charge in [-0.3, -0.25) is 4.79 Å². The van der Waals surface area contributed by atoms with Gasteiger partial charge in [0.1, 0.15) is 6.04 Å². The molecule has 25 heavy (non-hydrogen) atoms. The molecular weight excluding hydrogens is 322 g/mol. The van der Waals surface area contributed by atoms with E-state index in [2.05, 4.69) is 10.1 Å². The Kier molecular flexibility index (Phi) is 3.99. The molecule has 0 spiro atoms. The van der Waals surface area contributed by atoms with Gasteiger partial charge < -0.3 is 14.5 Å². The van der Waals surface area contributed by atoms with Crippen molar-refractivity contribution < 1.29 is 19.2 Å². The van der Waals surface area contributed by atoms with Crippen LogP contribution in [0.1, 0.15) is 42.5 Å². The Hall–Kier alpha value is -2.70. The molecule has 0 radical (unpaired) electrons. The monoisotopic (exact) mass is 341 g/mol. The quantitative estimate of drug-likeness (QED) is 0.922. The van der Waals surface area contributed by atoms with Crippen molar-refractivity contribution in [2.75, 3.05) is 0 Å². The van der Waals surface area contributed by atoms with Gasteiger partial charge in [0, 0.05) is 17.2 Å². The fraction of sp³-hybridized carbons (Fsp3) is 0.444. The van der Waals surface area contributed by atoms with Crippen LogP contribution in [0, 0.1) is 5.92 Å². The number of carboxylic acids is 1. The molecule has 1 aromatic heterocycles. The smallest absolute Gasteiger partial charge is 0.326 e. The molecule has 1 saturated carbocycles. The highest BCUT2D eigenvalue weighted by molar-refractivity contribution is 5.97. The molecule has 0 bridgehead atoms. The Morgan fingerprint density at radius 3 is 2.60 bits per heavy atom. The molecule has 130 valence electrons. The van der Waals surface area contributed by atoms with Crippen LogP contribution in [0.4, 0.5) is 0 Å². The first-order valence-corrected chi connectivity index (χ1v) is 8.57. The zero-order chi connectivity index (χ0) is 17.4. The highest BCUT2D eigenvalue weighted by atomic mass is 16.5. The van der Waals surface area contributed by atoms with E-state index in [0.717, 1.165) is 31.2 Å². The van der Waals surface area contributed by atoms with E-state index < -0.39 is 12.0 Å². The highest BCUT2D eigenvalue weighted by Gasteiger charge is 2.47. The molecule has 1 saturated heterocycles. The summed E-state index contributed by atoms with van der Waals surface area (Å²) in [5.74, 6) is -0.360. The third kappa shape index (κ3) is 2.79. The SMILES string of the molecule is O=C(O)C1CC2CCCCC2N1C(=O)c1ccc(-c2ncon2)cc1. The minimum Gasteiger partial charge on any atom is -0.480 e. The van der Waals surface area contributed by atoms with Crippen molar-refractivity contribution in [3.05, 3.63) is 36.2 Å². The molecule has 3 atom stereocenters. The molecule has 1 aliphatic heterocycles. The van der Waals surface area contributed by atoms with Crippen LogP contribution in [0.2, 0.25) is 0 Å². The maximum absolute atomic E-state index is 13.0. The largest absolute Gasteiger partial charge is 0.480 e. The second-order valence-electron chi connectivity index (χ2n) is 6.75. The normalized spacial score (nSPS) is 25.6. The Morgan fingerprint density at radius 1 is 1.16 bits per heavy atom. The predicted molar refractivity (Wildman–Crippen MR) is 87.7 cm³/mol. The number of rotatable bonds is 3. The maximum Gasteiger partial charge on any atom is 0.326 e. The van der Waals surface area contributed by atoms with Crippen LogP contribution >= 0.6 is 0 Å². The number of nitrogens with zero attached hydrogens (tertiary/aromatic N) is 3. The van der Waals surface area contributed by atoms with Gasteiger partial charge in [0.15, 0.2) is 0 Å². The molecule has 7 nitrogen and oxygen atoms in total. The van der Waals surface area contributed by atoms with Crippen LogP contribution in [0.15, 0.2) is 35.2 Å². The summed E-state index contributed by atoms with van der Waals surface area (Å²) in [4.78, 5) is 30.3. The highest BCUT2D eigenvalue weighted by Crippen LogP contribution is 2.40. The van der Waals surface area contributed by atoms with Gasteiger partial charge in [-0.05, 0) is 37.3 Å². The Labute approximate surface area is 144 Å². The lowest BCUT2D eigenvalue weighted by Crippen LogP contribution is -2.46. The van der Waals surface area contributed by atoms with Crippen LogP contribution in [-0.4, -0.2) is 44.1 Å². The van der Waals surface area contributed by atoms with Crippen LogP contribution in [0.3, 0.4) is 0 Å². The van der Waals surface area contributed by atoms with Crippen molar-refractivity contribution >= 4 is 11.9 Å². The van der Waals surface area contributed by atoms with Crippen molar-refractivity contribution in [3.63, 3.8) is 0 Å². The first-order chi connectivity index (χ1) is 12.1. The lowest BCUT2D eigenvalue weighted by Gasteiger charge is -2.33. The van der Waals surface area contributed by atoms with Crippen molar-refractivity contribution in [1.29, 1.82) is 0 Å². The third-order valence-electron chi connectivity index (χ3n) is 5.36. The minimum atomic E-state index is -0.911. The standard InChI is InChI=1S/C18H19N3O4/c22-17(12-7-5-11(6-8-12)16-19-10-25-20-16)21-14-4-2-1-3-13(14)9-15(21)18(23)24/h5-8,10,13-15H,1-4,9H2,(H,23,24). The van der Waals surface area contributed by atoms with Crippen LogP contribution in [-0.2, 0) is 4.79 Å². The van der Waals surface area contributed by atoms with E-state index in [1.165, 1.54) is 6.39 Å². The molecule has 2 aliphatic rings. The molecule has 3 unspecified atom stereocenters. The van der Waals surface area contributed by atoms with Crippen molar-refractivity contribution in [2.45, 2.75) is 44.2 Å².